The van der Waals surface area contributed by atoms with Crippen molar-refractivity contribution in [3.05, 3.63) is 54.1 Å². The zero-order chi connectivity index (χ0) is 15.4. The highest BCUT2D eigenvalue weighted by molar-refractivity contribution is 7.99. The summed E-state index contributed by atoms with van der Waals surface area (Å²) in [4.78, 5) is 21.5. The largest absolute Gasteiger partial charge is 0.294 e. The number of aromatic nitrogens is 2. The highest BCUT2D eigenvalue weighted by Gasteiger charge is 2.23. The van der Waals surface area contributed by atoms with Gasteiger partial charge in [0.25, 0.3) is 5.91 Å². The number of hydrazone groups is 1. The van der Waals surface area contributed by atoms with Crippen LogP contribution in [0.1, 0.15) is 29.4 Å². The molecule has 2 heterocycles. The molecule has 0 saturated carbocycles. The van der Waals surface area contributed by atoms with Crippen LogP contribution in [0.5, 0.6) is 0 Å². The van der Waals surface area contributed by atoms with Crippen molar-refractivity contribution in [3.8, 4) is 0 Å². The number of thioether (sulfide) groups is 1. The molecule has 1 amide bonds. The van der Waals surface area contributed by atoms with Crippen LogP contribution in [0.25, 0.3) is 0 Å². The van der Waals surface area contributed by atoms with Gasteiger partial charge < -0.3 is 0 Å². The second-order valence-electron chi connectivity index (χ2n) is 4.78. The van der Waals surface area contributed by atoms with Gasteiger partial charge in [0.2, 0.25) is 0 Å². The van der Waals surface area contributed by atoms with Gasteiger partial charge in [-0.1, -0.05) is 19.1 Å². The number of amides is 1. The van der Waals surface area contributed by atoms with Crippen LogP contribution in [0, 0.1) is 0 Å². The van der Waals surface area contributed by atoms with E-state index >= 15 is 0 Å². The van der Waals surface area contributed by atoms with Gasteiger partial charge in [-0.25, -0.2) is 9.99 Å². The maximum atomic E-state index is 12.3. The second-order valence-corrected chi connectivity index (χ2v) is 6.11. The fourth-order valence-electron chi connectivity index (χ4n) is 2.28. The summed E-state index contributed by atoms with van der Waals surface area (Å²) in [6, 6.07) is 8.29. The topological polar surface area (TPSA) is 58.5 Å². The van der Waals surface area contributed by atoms with Crippen LogP contribution >= 0.6 is 11.8 Å². The third kappa shape index (κ3) is 3.17. The molecule has 0 atom stereocenters. The number of carbonyl (C=O) groups is 1. The van der Waals surface area contributed by atoms with Crippen molar-refractivity contribution in [3.63, 3.8) is 0 Å². The van der Waals surface area contributed by atoms with Crippen molar-refractivity contribution in [2.75, 3.05) is 12.3 Å². The number of rotatable bonds is 4. The lowest BCUT2D eigenvalue weighted by atomic mass is 10.1. The molecule has 0 saturated heterocycles. The molecule has 0 aliphatic carbocycles. The third-order valence-electron chi connectivity index (χ3n) is 3.30. The summed E-state index contributed by atoms with van der Waals surface area (Å²) < 4.78 is 0. The molecule has 112 valence electrons. The minimum Gasteiger partial charge on any atom is -0.265 e. The SMILES string of the molecule is CCSc1cccc(C2=NN(C(=O)c3cnccn3)CC2)c1. The molecule has 5 nitrogen and oxygen atoms in total. The Hall–Kier alpha value is -2.21. The van der Waals surface area contributed by atoms with Crippen LogP contribution in [0.3, 0.4) is 0 Å². The summed E-state index contributed by atoms with van der Waals surface area (Å²) in [5, 5.41) is 5.93. The Kier molecular flexibility index (Phi) is 4.48. The minimum absolute atomic E-state index is 0.206. The quantitative estimate of drug-likeness (QED) is 0.815. The van der Waals surface area contributed by atoms with Gasteiger partial charge in [0, 0.05) is 23.7 Å². The fraction of sp³-hybridized carbons (Fsp3) is 0.250. The van der Waals surface area contributed by atoms with E-state index in [0.29, 0.717) is 12.2 Å². The molecule has 22 heavy (non-hydrogen) atoms. The van der Waals surface area contributed by atoms with Crippen LogP contribution < -0.4 is 0 Å². The third-order valence-corrected chi connectivity index (χ3v) is 4.17. The summed E-state index contributed by atoms with van der Waals surface area (Å²) in [7, 11) is 0. The molecule has 6 heteroatoms. The molecule has 3 rings (SSSR count). The van der Waals surface area contributed by atoms with Gasteiger partial charge >= 0.3 is 0 Å². The number of nitrogens with zero attached hydrogens (tertiary/aromatic N) is 4. The average Bonchev–Trinajstić information content (AvgIpc) is 3.06. The van der Waals surface area contributed by atoms with E-state index in [2.05, 4.69) is 34.1 Å². The predicted octanol–water partition coefficient (Wildman–Crippen LogP) is 2.84. The molecule has 0 bridgehead atoms. The monoisotopic (exact) mass is 312 g/mol. The lowest BCUT2D eigenvalue weighted by Crippen LogP contribution is -2.24. The van der Waals surface area contributed by atoms with Crippen molar-refractivity contribution >= 4 is 23.4 Å². The smallest absolute Gasteiger partial charge is 0.265 e. The molecular weight excluding hydrogens is 296 g/mol. The van der Waals surface area contributed by atoms with E-state index in [4.69, 9.17) is 0 Å². The normalized spacial score (nSPS) is 14.0. The number of benzene rings is 1. The Morgan fingerprint density at radius 2 is 2.27 bits per heavy atom. The van der Waals surface area contributed by atoms with Crippen molar-refractivity contribution in [1.82, 2.24) is 15.0 Å². The first-order valence-corrected chi connectivity index (χ1v) is 8.15. The number of hydrogen-bond acceptors (Lipinski definition) is 5. The molecule has 0 radical (unpaired) electrons. The van der Waals surface area contributed by atoms with Crippen molar-refractivity contribution in [2.45, 2.75) is 18.2 Å². The maximum Gasteiger partial charge on any atom is 0.294 e. The van der Waals surface area contributed by atoms with Crippen LogP contribution in [0.2, 0.25) is 0 Å². The molecule has 2 aromatic rings. The predicted molar refractivity (Wildman–Crippen MR) is 87.1 cm³/mol. The van der Waals surface area contributed by atoms with Crippen molar-refractivity contribution in [1.29, 1.82) is 0 Å². The first-order valence-electron chi connectivity index (χ1n) is 7.16. The van der Waals surface area contributed by atoms with Gasteiger partial charge in [-0.05, 0) is 23.4 Å². The summed E-state index contributed by atoms with van der Waals surface area (Å²) in [5.41, 5.74) is 2.34. The van der Waals surface area contributed by atoms with Gasteiger partial charge in [0.15, 0.2) is 0 Å². The van der Waals surface area contributed by atoms with Crippen LogP contribution in [0.4, 0.5) is 0 Å². The van der Waals surface area contributed by atoms with E-state index in [0.717, 1.165) is 23.4 Å². The standard InChI is InChI=1S/C16H16N4OS/c1-2-22-13-5-3-4-12(10-13)14-6-9-20(19-14)16(21)15-11-17-7-8-18-15/h3-5,7-8,10-11H,2,6,9H2,1H3. The Labute approximate surface area is 133 Å². The van der Waals surface area contributed by atoms with E-state index in [-0.39, 0.29) is 5.91 Å². The molecule has 1 aliphatic heterocycles. The summed E-state index contributed by atoms with van der Waals surface area (Å²) in [6.45, 7) is 2.71. The zero-order valence-electron chi connectivity index (χ0n) is 12.3. The Morgan fingerprint density at radius 1 is 1.36 bits per heavy atom. The summed E-state index contributed by atoms with van der Waals surface area (Å²) in [6.07, 6.45) is 5.28. The van der Waals surface area contributed by atoms with Crippen molar-refractivity contribution in [2.24, 2.45) is 5.10 Å². The highest BCUT2D eigenvalue weighted by Crippen LogP contribution is 2.22. The Morgan fingerprint density at radius 3 is 3.05 bits per heavy atom. The molecule has 0 spiro atoms. The minimum atomic E-state index is -0.206. The first kappa shape index (κ1) is 14.7. The van der Waals surface area contributed by atoms with E-state index in [9.17, 15) is 4.79 Å². The maximum absolute atomic E-state index is 12.3. The number of hydrogen-bond donors (Lipinski definition) is 0. The van der Waals surface area contributed by atoms with E-state index in [1.54, 1.807) is 18.0 Å². The zero-order valence-corrected chi connectivity index (χ0v) is 13.1. The summed E-state index contributed by atoms with van der Waals surface area (Å²) >= 11 is 1.80. The van der Waals surface area contributed by atoms with E-state index < -0.39 is 0 Å². The van der Waals surface area contributed by atoms with Gasteiger partial charge in [0.05, 0.1) is 18.5 Å². The Balaban J connectivity index is 1.79. The van der Waals surface area contributed by atoms with Gasteiger partial charge in [-0.2, -0.15) is 5.10 Å². The van der Waals surface area contributed by atoms with Gasteiger partial charge in [0.1, 0.15) is 5.69 Å². The van der Waals surface area contributed by atoms with Crippen molar-refractivity contribution < 1.29 is 4.79 Å². The number of carbonyl (C=O) groups excluding carboxylic acids is 1. The molecule has 0 N–H and O–H groups in total. The fourth-order valence-corrected chi connectivity index (χ4v) is 3.00. The van der Waals surface area contributed by atoms with Crippen LogP contribution in [-0.2, 0) is 0 Å². The highest BCUT2D eigenvalue weighted by atomic mass is 32.2. The molecular formula is C16H16N4OS. The molecule has 0 unspecified atom stereocenters. The molecule has 0 fully saturated rings. The summed E-state index contributed by atoms with van der Waals surface area (Å²) in [5.74, 6) is 0.829. The lowest BCUT2D eigenvalue weighted by Gasteiger charge is -2.09. The molecule has 1 aromatic heterocycles. The van der Waals surface area contributed by atoms with Crippen LogP contribution in [-0.4, -0.2) is 38.9 Å². The Bertz CT molecular complexity index is 702. The molecule has 1 aliphatic rings. The molecule has 1 aromatic carbocycles. The van der Waals surface area contributed by atoms with E-state index in [1.807, 2.05) is 12.1 Å². The van der Waals surface area contributed by atoms with Gasteiger partial charge in [-0.15, -0.1) is 11.8 Å². The van der Waals surface area contributed by atoms with Gasteiger partial charge in [-0.3, -0.25) is 9.78 Å². The average molecular weight is 312 g/mol. The van der Waals surface area contributed by atoms with E-state index in [1.165, 1.54) is 22.3 Å². The van der Waals surface area contributed by atoms with Crippen LogP contribution in [0.15, 0.2) is 52.9 Å². The lowest BCUT2D eigenvalue weighted by molar-refractivity contribution is 0.0772. The second kappa shape index (κ2) is 6.70. The first-order chi connectivity index (χ1) is 10.8.